The molecule has 7 heteroatoms. The van der Waals surface area contributed by atoms with Gasteiger partial charge in [0.25, 0.3) is 0 Å². The Labute approximate surface area is 207 Å². The van der Waals surface area contributed by atoms with E-state index in [1.165, 1.54) is 12.8 Å². The molecule has 0 radical (unpaired) electrons. The number of fused-ring (bicyclic) bond motifs is 1. The SMILES string of the molecule is C=C(CCOc1ccc(C(=O)CC)cc1)N[C@H](CN1CCCC1)[C@H](O)c1ccc2c(c1)OCCO2. The molecule has 35 heavy (non-hydrogen) atoms. The summed E-state index contributed by atoms with van der Waals surface area (Å²) >= 11 is 0. The highest BCUT2D eigenvalue weighted by molar-refractivity contribution is 5.95. The minimum absolute atomic E-state index is 0.120. The molecule has 2 aromatic rings. The van der Waals surface area contributed by atoms with E-state index in [0.29, 0.717) is 49.7 Å². The van der Waals surface area contributed by atoms with Crippen molar-refractivity contribution in [3.63, 3.8) is 0 Å². The zero-order chi connectivity index (χ0) is 24.6. The van der Waals surface area contributed by atoms with E-state index in [2.05, 4.69) is 16.8 Å². The van der Waals surface area contributed by atoms with Crippen LogP contribution in [0.3, 0.4) is 0 Å². The lowest BCUT2D eigenvalue weighted by Gasteiger charge is -2.31. The summed E-state index contributed by atoms with van der Waals surface area (Å²) in [4.78, 5) is 14.2. The maximum Gasteiger partial charge on any atom is 0.162 e. The molecule has 0 amide bonds. The predicted molar refractivity (Wildman–Crippen MR) is 135 cm³/mol. The number of hydrogen-bond donors (Lipinski definition) is 2. The molecule has 2 N–H and O–H groups in total. The van der Waals surface area contributed by atoms with Crippen LogP contribution in [-0.2, 0) is 0 Å². The Morgan fingerprint density at radius 1 is 1.11 bits per heavy atom. The number of ketones is 1. The number of aliphatic hydroxyl groups is 1. The van der Waals surface area contributed by atoms with Crippen molar-refractivity contribution in [1.82, 2.24) is 10.2 Å². The van der Waals surface area contributed by atoms with Crippen molar-refractivity contribution in [3.05, 3.63) is 65.9 Å². The normalized spacial score (nSPS) is 17.0. The van der Waals surface area contributed by atoms with Gasteiger partial charge in [-0.05, 0) is 67.9 Å². The van der Waals surface area contributed by atoms with Crippen LogP contribution >= 0.6 is 0 Å². The maximum atomic E-state index is 11.8. The number of likely N-dealkylation sites (tertiary alicyclic amines) is 1. The Morgan fingerprint density at radius 3 is 2.54 bits per heavy atom. The van der Waals surface area contributed by atoms with Gasteiger partial charge < -0.3 is 29.5 Å². The molecule has 1 saturated heterocycles. The van der Waals surface area contributed by atoms with Crippen LogP contribution in [0.25, 0.3) is 0 Å². The number of carbonyl (C=O) groups is 1. The van der Waals surface area contributed by atoms with Crippen LogP contribution in [0.5, 0.6) is 17.2 Å². The standard InChI is InChI=1S/C28H36N2O5/c1-3-25(31)21-6-9-23(10-7-21)33-15-12-20(2)29-24(19-30-13-4-5-14-30)28(32)22-8-11-26-27(18-22)35-17-16-34-26/h6-11,18,24,28-29,32H,2-5,12-17,19H2,1H3/t24-,28-/m1/s1. The lowest BCUT2D eigenvalue weighted by atomic mass is 10.0. The Bertz CT molecular complexity index is 1000. The van der Waals surface area contributed by atoms with Crippen LogP contribution in [0.1, 0.15) is 54.6 Å². The predicted octanol–water partition coefficient (Wildman–Crippen LogP) is 4.12. The van der Waals surface area contributed by atoms with Gasteiger partial charge in [-0.3, -0.25) is 4.79 Å². The van der Waals surface area contributed by atoms with Crippen LogP contribution in [-0.4, -0.2) is 61.3 Å². The maximum absolute atomic E-state index is 11.8. The van der Waals surface area contributed by atoms with Crippen LogP contribution < -0.4 is 19.5 Å². The number of nitrogens with one attached hydrogen (secondary N) is 1. The number of rotatable bonds is 12. The topological polar surface area (TPSA) is 80.3 Å². The van der Waals surface area contributed by atoms with Crippen LogP contribution in [0.15, 0.2) is 54.7 Å². The van der Waals surface area contributed by atoms with Crippen molar-refractivity contribution in [3.8, 4) is 17.2 Å². The smallest absolute Gasteiger partial charge is 0.162 e. The molecule has 4 rings (SSSR count). The van der Waals surface area contributed by atoms with Crippen molar-refractivity contribution in [2.24, 2.45) is 0 Å². The quantitative estimate of drug-likeness (QED) is 0.442. The van der Waals surface area contributed by atoms with Gasteiger partial charge >= 0.3 is 0 Å². The fourth-order valence-electron chi connectivity index (χ4n) is 4.51. The first kappa shape index (κ1) is 25.1. The number of carbonyl (C=O) groups excluding carboxylic acids is 1. The van der Waals surface area contributed by atoms with E-state index in [-0.39, 0.29) is 11.8 Å². The summed E-state index contributed by atoms with van der Waals surface area (Å²) in [6, 6.07) is 12.6. The highest BCUT2D eigenvalue weighted by Crippen LogP contribution is 2.33. The zero-order valence-electron chi connectivity index (χ0n) is 20.5. The molecule has 2 aliphatic heterocycles. The summed E-state index contributed by atoms with van der Waals surface area (Å²) in [6.07, 6.45) is 2.73. The second kappa shape index (κ2) is 12.1. The van der Waals surface area contributed by atoms with Crippen molar-refractivity contribution < 1.29 is 24.1 Å². The lowest BCUT2D eigenvalue weighted by molar-refractivity contribution is 0.0988. The van der Waals surface area contributed by atoms with E-state index in [1.807, 2.05) is 37.3 Å². The fourth-order valence-corrected chi connectivity index (χ4v) is 4.51. The van der Waals surface area contributed by atoms with Gasteiger partial charge in [-0.15, -0.1) is 0 Å². The number of benzene rings is 2. The molecule has 2 heterocycles. The minimum Gasteiger partial charge on any atom is -0.493 e. The number of Topliss-reactive ketones (excluding diaryl/α,β-unsaturated/α-hetero) is 1. The molecular weight excluding hydrogens is 444 g/mol. The van der Waals surface area contributed by atoms with Gasteiger partial charge in [0.1, 0.15) is 25.1 Å². The monoisotopic (exact) mass is 480 g/mol. The molecule has 0 unspecified atom stereocenters. The van der Waals surface area contributed by atoms with Gasteiger partial charge in [-0.2, -0.15) is 0 Å². The van der Waals surface area contributed by atoms with E-state index in [1.54, 1.807) is 12.1 Å². The first-order chi connectivity index (χ1) is 17.0. The van der Waals surface area contributed by atoms with Crippen molar-refractivity contribution in [1.29, 1.82) is 0 Å². The highest BCUT2D eigenvalue weighted by Gasteiger charge is 2.26. The molecule has 2 aromatic carbocycles. The summed E-state index contributed by atoms with van der Waals surface area (Å²) in [5.41, 5.74) is 2.30. The Balaban J connectivity index is 1.35. The van der Waals surface area contributed by atoms with Gasteiger partial charge in [-0.1, -0.05) is 19.6 Å². The molecule has 0 saturated carbocycles. The van der Waals surface area contributed by atoms with Gasteiger partial charge in [0.2, 0.25) is 0 Å². The summed E-state index contributed by atoms with van der Waals surface area (Å²) in [6.45, 7) is 10.3. The second-order valence-corrected chi connectivity index (χ2v) is 9.11. The number of aliphatic hydroxyl groups excluding tert-OH is 1. The molecular formula is C28H36N2O5. The van der Waals surface area contributed by atoms with Crippen molar-refractivity contribution in [2.45, 2.75) is 44.8 Å². The Morgan fingerprint density at radius 2 is 1.83 bits per heavy atom. The molecule has 0 aromatic heterocycles. The van der Waals surface area contributed by atoms with Crippen molar-refractivity contribution >= 4 is 5.78 Å². The first-order valence-electron chi connectivity index (χ1n) is 12.5. The number of hydrogen-bond acceptors (Lipinski definition) is 7. The minimum atomic E-state index is -0.729. The van der Waals surface area contributed by atoms with Gasteiger partial charge in [0.05, 0.1) is 12.6 Å². The van der Waals surface area contributed by atoms with E-state index in [0.717, 1.165) is 36.6 Å². The Kier molecular flexibility index (Phi) is 8.66. The lowest BCUT2D eigenvalue weighted by Crippen LogP contribution is -2.43. The number of ether oxygens (including phenoxy) is 3. The van der Waals surface area contributed by atoms with Crippen LogP contribution in [0.4, 0.5) is 0 Å². The van der Waals surface area contributed by atoms with Gasteiger partial charge in [-0.25, -0.2) is 0 Å². The average Bonchev–Trinajstić information content (AvgIpc) is 3.40. The zero-order valence-corrected chi connectivity index (χ0v) is 20.5. The molecule has 7 nitrogen and oxygen atoms in total. The second-order valence-electron chi connectivity index (χ2n) is 9.11. The largest absolute Gasteiger partial charge is 0.493 e. The molecule has 0 spiro atoms. The summed E-state index contributed by atoms with van der Waals surface area (Å²) in [7, 11) is 0. The van der Waals surface area contributed by atoms with Crippen LogP contribution in [0, 0.1) is 0 Å². The third-order valence-corrected chi connectivity index (χ3v) is 6.50. The third-order valence-electron chi connectivity index (χ3n) is 6.50. The third kappa shape index (κ3) is 6.77. The van der Waals surface area contributed by atoms with E-state index >= 15 is 0 Å². The van der Waals surface area contributed by atoms with Crippen molar-refractivity contribution in [2.75, 3.05) is 39.5 Å². The van der Waals surface area contributed by atoms with Crippen LogP contribution in [0.2, 0.25) is 0 Å². The van der Waals surface area contributed by atoms with E-state index in [4.69, 9.17) is 14.2 Å². The molecule has 0 bridgehead atoms. The summed E-state index contributed by atoms with van der Waals surface area (Å²) in [5.74, 6) is 2.22. The molecule has 2 atom stereocenters. The average molecular weight is 481 g/mol. The Hall–Kier alpha value is -3.03. The molecule has 2 aliphatic rings. The summed E-state index contributed by atoms with van der Waals surface area (Å²) in [5, 5.41) is 14.8. The number of nitrogens with zero attached hydrogens (tertiary/aromatic N) is 1. The van der Waals surface area contributed by atoms with Gasteiger partial charge in [0, 0.05) is 30.6 Å². The molecule has 0 aliphatic carbocycles. The van der Waals surface area contributed by atoms with E-state index < -0.39 is 6.10 Å². The van der Waals surface area contributed by atoms with E-state index in [9.17, 15) is 9.90 Å². The molecule has 188 valence electrons. The fraction of sp³-hybridized carbons (Fsp3) is 0.464. The molecule has 1 fully saturated rings. The first-order valence-corrected chi connectivity index (χ1v) is 12.5. The summed E-state index contributed by atoms with van der Waals surface area (Å²) < 4.78 is 17.2. The van der Waals surface area contributed by atoms with Gasteiger partial charge in [0.15, 0.2) is 17.3 Å². The highest BCUT2D eigenvalue weighted by atomic mass is 16.6.